The van der Waals surface area contributed by atoms with Gasteiger partial charge in [-0.2, -0.15) is 0 Å². The average molecular weight is 464 g/mol. The van der Waals surface area contributed by atoms with Gasteiger partial charge in [0.25, 0.3) is 0 Å². The Labute approximate surface area is 193 Å². The Hall–Kier alpha value is -2.63. The molecule has 0 bridgehead atoms. The van der Waals surface area contributed by atoms with Gasteiger partial charge < -0.3 is 19.0 Å². The Kier molecular flexibility index (Phi) is 9.76. The van der Waals surface area contributed by atoms with E-state index in [9.17, 15) is 0 Å². The molecule has 0 saturated heterocycles. The summed E-state index contributed by atoms with van der Waals surface area (Å²) in [4.78, 5) is 5.23. The molecule has 7 heteroatoms. The lowest BCUT2D eigenvalue weighted by molar-refractivity contribution is 0.168. The zero-order chi connectivity index (χ0) is 22.7. The molecule has 5 nitrogen and oxygen atoms in total. The van der Waals surface area contributed by atoms with Crippen LogP contribution in [-0.2, 0) is 4.84 Å². The van der Waals surface area contributed by atoms with E-state index in [1.165, 1.54) is 0 Å². The van der Waals surface area contributed by atoms with Gasteiger partial charge >= 0.3 is 0 Å². The molecular weight excluding hydrogens is 437 g/mol. The largest absolute Gasteiger partial charge is 0.489 e. The highest BCUT2D eigenvalue weighted by molar-refractivity contribution is 6.55. The summed E-state index contributed by atoms with van der Waals surface area (Å²) in [5, 5.41) is 4.18. The van der Waals surface area contributed by atoms with Gasteiger partial charge in [0.1, 0.15) is 47.3 Å². The minimum atomic E-state index is -0.174. The summed E-state index contributed by atoms with van der Waals surface area (Å²) in [5.41, 5.74) is 0.632. The monoisotopic (exact) mass is 463 g/mol. The van der Waals surface area contributed by atoms with Crippen LogP contribution in [0.1, 0.15) is 20.8 Å². The fourth-order valence-electron chi connectivity index (χ4n) is 2.24. The number of halogens is 2. The highest BCUT2D eigenvalue weighted by Gasteiger charge is 2.20. The number of benzene rings is 2. The van der Waals surface area contributed by atoms with Crippen LogP contribution < -0.4 is 14.2 Å². The third-order valence-corrected chi connectivity index (χ3v) is 4.29. The summed E-state index contributed by atoms with van der Waals surface area (Å²) in [7, 11) is 0. The van der Waals surface area contributed by atoms with Crippen molar-refractivity contribution >= 4 is 28.9 Å². The summed E-state index contributed by atoms with van der Waals surface area (Å²) < 4.78 is 17.4. The highest BCUT2D eigenvalue weighted by atomic mass is 35.5. The molecule has 31 heavy (non-hydrogen) atoms. The summed E-state index contributed by atoms with van der Waals surface area (Å²) in [5.74, 6) is 2.78. The van der Waals surface area contributed by atoms with Crippen molar-refractivity contribution in [2.75, 3.05) is 19.8 Å². The number of hydrogen-bond donors (Lipinski definition) is 0. The molecule has 0 atom stereocenters. The minimum absolute atomic E-state index is 0.174. The van der Waals surface area contributed by atoms with Gasteiger partial charge in [-0.25, -0.2) is 0 Å². The van der Waals surface area contributed by atoms with Gasteiger partial charge in [0.2, 0.25) is 0 Å². The van der Waals surface area contributed by atoms with Gasteiger partial charge in [-0.05, 0) is 54.6 Å². The summed E-state index contributed by atoms with van der Waals surface area (Å²) in [6.07, 6.45) is 3.22. The summed E-state index contributed by atoms with van der Waals surface area (Å²) in [6, 6.07) is 14.6. The molecule has 0 radical (unpaired) electrons. The lowest BCUT2D eigenvalue weighted by atomic mass is 9.90. The summed E-state index contributed by atoms with van der Waals surface area (Å²) in [6.45, 7) is 10.8. The Balaban J connectivity index is 1.90. The molecule has 2 aromatic rings. The molecule has 0 aliphatic carbocycles. The second kappa shape index (κ2) is 12.3. The maximum absolute atomic E-state index is 5.87. The Morgan fingerprint density at radius 3 is 1.87 bits per heavy atom. The van der Waals surface area contributed by atoms with Crippen molar-refractivity contribution in [3.8, 4) is 23.0 Å². The van der Waals surface area contributed by atoms with Crippen molar-refractivity contribution in [3.63, 3.8) is 0 Å². The molecular formula is C24H27Cl2NO4. The molecule has 0 heterocycles. The molecule has 0 amide bonds. The number of ether oxygens (including phenoxy) is 3. The maximum atomic E-state index is 5.87. The van der Waals surface area contributed by atoms with Gasteiger partial charge in [-0.3, -0.25) is 0 Å². The molecule has 0 unspecified atom stereocenters. The van der Waals surface area contributed by atoms with Crippen molar-refractivity contribution in [2.24, 2.45) is 10.6 Å². The van der Waals surface area contributed by atoms with E-state index in [-0.39, 0.29) is 9.91 Å². The zero-order valence-electron chi connectivity index (χ0n) is 17.9. The first-order valence-electron chi connectivity index (χ1n) is 9.73. The molecule has 0 fully saturated rings. The third kappa shape index (κ3) is 9.37. The fourth-order valence-corrected chi connectivity index (χ4v) is 2.37. The normalized spacial score (nSPS) is 11.5. The molecule has 2 aromatic carbocycles. The predicted molar refractivity (Wildman–Crippen MR) is 127 cm³/mol. The Bertz CT molecular complexity index is 881. The van der Waals surface area contributed by atoms with Crippen molar-refractivity contribution in [1.29, 1.82) is 0 Å². The van der Waals surface area contributed by atoms with Gasteiger partial charge in [0, 0.05) is 5.41 Å². The number of rotatable bonds is 11. The molecule has 0 spiro atoms. The van der Waals surface area contributed by atoms with Gasteiger partial charge in [-0.1, -0.05) is 61.8 Å². The van der Waals surface area contributed by atoms with E-state index in [0.29, 0.717) is 42.8 Å². The van der Waals surface area contributed by atoms with Crippen molar-refractivity contribution < 1.29 is 19.0 Å². The van der Waals surface area contributed by atoms with Crippen LogP contribution in [0.4, 0.5) is 0 Å². The highest BCUT2D eigenvalue weighted by Crippen LogP contribution is 2.26. The van der Waals surface area contributed by atoms with E-state index >= 15 is 0 Å². The quantitative estimate of drug-likeness (QED) is 0.153. The molecule has 0 saturated carbocycles. The van der Waals surface area contributed by atoms with Crippen molar-refractivity contribution in [1.82, 2.24) is 0 Å². The zero-order valence-corrected chi connectivity index (χ0v) is 19.4. The first-order valence-corrected chi connectivity index (χ1v) is 10.5. The SMILES string of the molecule is C=CCON=C(COc1ccc(Oc2ccc(OCC=C(Cl)Cl)cc2)cc1)C(C)(C)C. The van der Waals surface area contributed by atoms with Gasteiger partial charge in [0.05, 0.1) is 5.71 Å². The minimum Gasteiger partial charge on any atom is -0.489 e. The van der Waals surface area contributed by atoms with Crippen molar-refractivity contribution in [3.05, 3.63) is 71.8 Å². The Morgan fingerprint density at radius 2 is 1.39 bits per heavy atom. The molecule has 0 aromatic heterocycles. The van der Waals surface area contributed by atoms with Crippen LogP contribution in [0.25, 0.3) is 0 Å². The lowest BCUT2D eigenvalue weighted by Gasteiger charge is -2.21. The lowest BCUT2D eigenvalue weighted by Crippen LogP contribution is -2.27. The predicted octanol–water partition coefficient (Wildman–Crippen LogP) is 7.16. The van der Waals surface area contributed by atoms with Gasteiger partial charge in [0.15, 0.2) is 0 Å². The van der Waals surface area contributed by atoms with E-state index in [4.69, 9.17) is 42.3 Å². The number of nitrogens with zero attached hydrogens (tertiary/aromatic N) is 1. The number of hydrogen-bond acceptors (Lipinski definition) is 5. The van der Waals surface area contributed by atoms with E-state index in [0.717, 1.165) is 5.71 Å². The second-order valence-electron chi connectivity index (χ2n) is 7.51. The molecule has 0 aliphatic heterocycles. The first kappa shape index (κ1) is 24.6. The van der Waals surface area contributed by atoms with Crippen molar-refractivity contribution in [2.45, 2.75) is 20.8 Å². The summed E-state index contributed by atoms with van der Waals surface area (Å²) >= 11 is 11.1. The van der Waals surface area contributed by atoms with Crippen LogP contribution in [0.3, 0.4) is 0 Å². The molecule has 0 N–H and O–H groups in total. The standard InChI is InChI=1S/C24H27Cl2NO4/c1-5-15-30-27-22(24(2,3)4)17-29-19-8-12-21(13-9-19)31-20-10-6-18(7-11-20)28-16-14-23(25)26/h5-14H,1,15-17H2,2-4H3. The van der Waals surface area contributed by atoms with Gasteiger partial charge in [-0.15, -0.1) is 0 Å². The topological polar surface area (TPSA) is 49.3 Å². The fraction of sp³-hybridized carbons (Fsp3) is 0.292. The van der Waals surface area contributed by atoms with Crippen LogP contribution in [0, 0.1) is 5.41 Å². The van der Waals surface area contributed by atoms with E-state index in [1.807, 2.05) is 48.5 Å². The smallest absolute Gasteiger partial charge is 0.135 e. The van der Waals surface area contributed by atoms with Crippen LogP contribution in [0.2, 0.25) is 0 Å². The molecule has 166 valence electrons. The number of oxime groups is 1. The Morgan fingerprint density at radius 1 is 0.871 bits per heavy atom. The third-order valence-electron chi connectivity index (χ3n) is 3.98. The van der Waals surface area contributed by atoms with Crippen LogP contribution in [0.5, 0.6) is 23.0 Å². The van der Waals surface area contributed by atoms with E-state index in [1.54, 1.807) is 12.2 Å². The van der Waals surface area contributed by atoms with Crippen LogP contribution in [0.15, 0.2) is 76.9 Å². The molecule has 0 aliphatic rings. The maximum Gasteiger partial charge on any atom is 0.135 e. The van der Waals surface area contributed by atoms with Crippen LogP contribution >= 0.6 is 23.2 Å². The first-order chi connectivity index (χ1) is 14.8. The average Bonchev–Trinajstić information content (AvgIpc) is 2.72. The molecule has 2 rings (SSSR count). The van der Waals surface area contributed by atoms with E-state index < -0.39 is 0 Å². The van der Waals surface area contributed by atoms with E-state index in [2.05, 4.69) is 32.5 Å². The second-order valence-corrected chi connectivity index (χ2v) is 8.52. The van der Waals surface area contributed by atoms with Crippen LogP contribution in [-0.4, -0.2) is 25.5 Å².